The predicted octanol–water partition coefficient (Wildman–Crippen LogP) is 2.75. The van der Waals surface area contributed by atoms with Gasteiger partial charge < -0.3 is 0 Å². The van der Waals surface area contributed by atoms with Gasteiger partial charge in [-0.15, -0.1) is 6.53 Å². The molecule has 2 fully saturated rings. The highest BCUT2D eigenvalue weighted by Crippen LogP contribution is 2.61. The second-order valence-electron chi connectivity index (χ2n) is 3.52. The minimum atomic E-state index is 0.0226. The Labute approximate surface area is 59.8 Å². The largest absolute Gasteiger partial charge is 0.103 e. The fraction of sp³-hybridized carbons (Fsp3) is 0.778. The van der Waals surface area contributed by atoms with Crippen LogP contribution in [0.5, 0.6) is 0 Å². The highest BCUT2D eigenvalue weighted by molar-refractivity contribution is 5.13. The molecule has 0 heteroatoms. The van der Waals surface area contributed by atoms with Gasteiger partial charge in [-0.3, -0.25) is 0 Å². The van der Waals surface area contributed by atoms with Gasteiger partial charge in [0.1, 0.15) is 0 Å². The number of rotatable bonds is 1. The number of hydrogen-bond donors (Lipinski definition) is 0. The third kappa shape index (κ3) is 0.654. The first-order valence-corrected chi connectivity index (χ1v) is 3.89. The summed E-state index contributed by atoms with van der Waals surface area (Å²) in [5.74, 6) is 0.835. The second-order valence-corrected chi connectivity index (χ2v) is 3.52. The molecule has 0 amide bonds. The summed E-state index contributed by atoms with van der Waals surface area (Å²) in [5.41, 5.74) is 0.330. The molecule has 2 aliphatic carbocycles. The van der Waals surface area contributed by atoms with E-state index in [1.165, 1.54) is 32.1 Å². The molecule has 0 aromatic carbocycles. The number of allylic oxidation sites excluding steroid dienone is 1. The van der Waals surface area contributed by atoms with Crippen LogP contribution >= 0.6 is 0 Å². The maximum absolute atomic E-state index is 7.09. The van der Waals surface area contributed by atoms with Gasteiger partial charge in [0, 0.05) is 0 Å². The van der Waals surface area contributed by atoms with Crippen LogP contribution < -0.4 is 0 Å². The van der Waals surface area contributed by atoms with Crippen molar-refractivity contribution in [1.29, 1.82) is 0 Å². The maximum atomic E-state index is 7.09. The van der Waals surface area contributed by atoms with Crippen molar-refractivity contribution in [2.75, 3.05) is 0 Å². The molecular weight excluding hydrogens is 108 g/mol. The first-order chi connectivity index (χ1) is 5.23. The second kappa shape index (κ2) is 1.62. The molecule has 2 rings (SSSR count). The molecule has 0 aromatic rings. The summed E-state index contributed by atoms with van der Waals surface area (Å²) >= 11 is 0. The quantitative estimate of drug-likeness (QED) is 0.471. The standard InChI is InChI=1S/C9H14/c1-2-9-6-4-3-5-8(9)7-9/h2,8H,1,3-7H2/i1D2. The molecule has 0 bridgehead atoms. The average Bonchev–Trinajstić information content (AvgIpc) is 2.59. The lowest BCUT2D eigenvalue weighted by Gasteiger charge is -2.16. The summed E-state index contributed by atoms with van der Waals surface area (Å²) in [7, 11) is 0. The molecule has 2 saturated carbocycles. The molecule has 0 radical (unpaired) electrons. The molecule has 2 unspecified atom stereocenters. The van der Waals surface area contributed by atoms with E-state index in [4.69, 9.17) is 2.74 Å². The van der Waals surface area contributed by atoms with E-state index in [0.717, 1.165) is 5.92 Å². The zero-order chi connectivity index (χ0) is 7.90. The summed E-state index contributed by atoms with van der Waals surface area (Å²) in [6, 6.07) is 0. The van der Waals surface area contributed by atoms with Crippen molar-refractivity contribution in [2.45, 2.75) is 32.1 Å². The minimum absolute atomic E-state index is 0.0226. The average molecular weight is 124 g/mol. The fourth-order valence-corrected chi connectivity index (χ4v) is 2.19. The first kappa shape index (κ1) is 3.80. The van der Waals surface area contributed by atoms with Gasteiger partial charge >= 0.3 is 0 Å². The first-order valence-electron chi connectivity index (χ1n) is 4.89. The van der Waals surface area contributed by atoms with Crippen LogP contribution in [-0.2, 0) is 0 Å². The van der Waals surface area contributed by atoms with Gasteiger partial charge in [-0.2, -0.15) is 0 Å². The van der Waals surface area contributed by atoms with E-state index >= 15 is 0 Å². The minimum Gasteiger partial charge on any atom is -0.103 e. The van der Waals surface area contributed by atoms with E-state index in [1.54, 1.807) is 0 Å². The third-order valence-electron chi connectivity index (χ3n) is 3.01. The molecule has 2 aliphatic rings. The van der Waals surface area contributed by atoms with Gasteiger partial charge in [0.15, 0.2) is 0 Å². The Bertz CT molecular complexity index is 194. The zero-order valence-electron chi connectivity index (χ0n) is 7.69. The van der Waals surface area contributed by atoms with Crippen LogP contribution in [0.1, 0.15) is 34.8 Å². The molecule has 0 aromatic heterocycles. The van der Waals surface area contributed by atoms with Crippen LogP contribution in [0, 0.1) is 11.3 Å². The van der Waals surface area contributed by atoms with Crippen LogP contribution in [0.3, 0.4) is 0 Å². The highest BCUT2D eigenvalue weighted by atomic mass is 14.6. The fourth-order valence-electron chi connectivity index (χ4n) is 2.19. The third-order valence-corrected chi connectivity index (χ3v) is 3.01. The van der Waals surface area contributed by atoms with Crippen LogP contribution in [0.25, 0.3) is 0 Å². The smallest absolute Gasteiger partial charge is 0.0535 e. The summed E-state index contributed by atoms with van der Waals surface area (Å²) in [5, 5.41) is 0. The summed E-state index contributed by atoms with van der Waals surface area (Å²) in [4.78, 5) is 0. The van der Waals surface area contributed by atoms with E-state index in [2.05, 4.69) is 0 Å². The van der Waals surface area contributed by atoms with E-state index in [-0.39, 0.29) is 6.53 Å². The van der Waals surface area contributed by atoms with Crippen molar-refractivity contribution in [3.05, 3.63) is 12.6 Å². The van der Waals surface area contributed by atoms with Crippen molar-refractivity contribution in [3.8, 4) is 0 Å². The van der Waals surface area contributed by atoms with E-state index in [9.17, 15) is 0 Å². The summed E-state index contributed by atoms with van der Waals surface area (Å²) in [6.07, 6.45) is 8.37. The monoisotopic (exact) mass is 124 g/mol. The molecule has 0 N–H and O–H groups in total. The van der Waals surface area contributed by atoms with E-state index in [1.807, 2.05) is 6.08 Å². The van der Waals surface area contributed by atoms with Crippen molar-refractivity contribution in [2.24, 2.45) is 11.3 Å². The molecule has 0 heterocycles. The lowest BCUT2D eigenvalue weighted by molar-refractivity contribution is 0.404. The van der Waals surface area contributed by atoms with Gasteiger partial charge in [-0.25, -0.2) is 0 Å². The Morgan fingerprint density at radius 1 is 1.67 bits per heavy atom. The molecule has 0 spiro atoms. The summed E-state index contributed by atoms with van der Waals surface area (Å²) in [6.45, 7) is 0.0226. The normalized spacial score (nSPS) is 50.4. The Morgan fingerprint density at radius 3 is 3.44 bits per heavy atom. The molecule has 0 saturated heterocycles. The Hall–Kier alpha value is -0.260. The van der Waals surface area contributed by atoms with Gasteiger partial charge in [-0.1, -0.05) is 18.9 Å². The lowest BCUT2D eigenvalue weighted by Crippen LogP contribution is -2.04. The maximum Gasteiger partial charge on any atom is 0.0535 e. The van der Waals surface area contributed by atoms with Crippen LogP contribution in [0.2, 0.25) is 0 Å². The van der Waals surface area contributed by atoms with Crippen molar-refractivity contribution in [1.82, 2.24) is 0 Å². The molecule has 0 nitrogen and oxygen atoms in total. The SMILES string of the molecule is [2H]C([2H])=CC12CCCCC1C2. The summed E-state index contributed by atoms with van der Waals surface area (Å²) < 4.78 is 14.2. The molecule has 9 heavy (non-hydrogen) atoms. The van der Waals surface area contributed by atoms with Crippen molar-refractivity contribution >= 4 is 0 Å². The van der Waals surface area contributed by atoms with Gasteiger partial charge in [0.05, 0.1) is 2.74 Å². The van der Waals surface area contributed by atoms with Crippen molar-refractivity contribution < 1.29 is 2.74 Å². The number of hydrogen-bond acceptors (Lipinski definition) is 0. The van der Waals surface area contributed by atoms with E-state index < -0.39 is 0 Å². The highest BCUT2D eigenvalue weighted by Gasteiger charge is 2.51. The molecule has 50 valence electrons. The Morgan fingerprint density at radius 2 is 2.67 bits per heavy atom. The van der Waals surface area contributed by atoms with Crippen LogP contribution in [-0.4, -0.2) is 0 Å². The number of fused-ring (bicyclic) bond motifs is 1. The van der Waals surface area contributed by atoms with E-state index in [0.29, 0.717) is 5.41 Å². The Kier molecular flexibility index (Phi) is 0.683. The topological polar surface area (TPSA) is 0 Å². The van der Waals surface area contributed by atoms with Crippen LogP contribution in [0.15, 0.2) is 12.6 Å². The molecular formula is C9H14. The van der Waals surface area contributed by atoms with Gasteiger partial charge in [0.2, 0.25) is 0 Å². The molecule has 2 atom stereocenters. The lowest BCUT2D eigenvalue weighted by atomic mass is 9.89. The molecule has 0 aliphatic heterocycles. The van der Waals surface area contributed by atoms with Gasteiger partial charge in [0.25, 0.3) is 0 Å². The Balaban J connectivity index is 2.08. The van der Waals surface area contributed by atoms with Gasteiger partial charge in [-0.05, 0) is 30.6 Å². The predicted molar refractivity (Wildman–Crippen MR) is 39.2 cm³/mol. The van der Waals surface area contributed by atoms with Crippen molar-refractivity contribution in [3.63, 3.8) is 0 Å². The van der Waals surface area contributed by atoms with Crippen LogP contribution in [0.4, 0.5) is 0 Å². The zero-order valence-corrected chi connectivity index (χ0v) is 5.69.